The predicted octanol–water partition coefficient (Wildman–Crippen LogP) is 5.04. The number of thiophene rings is 1. The third-order valence-electron chi connectivity index (χ3n) is 4.00. The number of carbonyl (C=O) groups excluding carboxylic acids is 2. The van der Waals surface area contributed by atoms with Crippen molar-refractivity contribution >= 4 is 39.0 Å². The average Bonchev–Trinajstić information content (AvgIpc) is 3.02. The summed E-state index contributed by atoms with van der Waals surface area (Å²) in [7, 11) is 0. The van der Waals surface area contributed by atoms with E-state index in [4.69, 9.17) is 9.47 Å². The van der Waals surface area contributed by atoms with E-state index >= 15 is 0 Å². The molecule has 1 aromatic heterocycles. The molecule has 0 atom stereocenters. The molecule has 2 aromatic carbocycles. The van der Waals surface area contributed by atoms with Gasteiger partial charge >= 0.3 is 5.97 Å². The first-order valence-electron chi connectivity index (χ1n) is 8.78. The summed E-state index contributed by atoms with van der Waals surface area (Å²) in [5, 5.41) is 5.10. The summed E-state index contributed by atoms with van der Waals surface area (Å²) in [6.45, 7) is 6.23. The molecule has 0 aliphatic carbocycles. The number of rotatable bonds is 6. The van der Waals surface area contributed by atoms with Crippen LogP contribution < -0.4 is 10.1 Å². The number of fused-ring (bicyclic) bond motifs is 1. The molecule has 0 unspecified atom stereocenters. The number of esters is 1. The minimum atomic E-state index is -0.444. The van der Waals surface area contributed by atoms with E-state index in [-0.39, 0.29) is 12.5 Å². The molecule has 6 heteroatoms. The molecule has 0 saturated heterocycles. The van der Waals surface area contributed by atoms with Crippen molar-refractivity contribution in [3.05, 3.63) is 58.5 Å². The maximum absolute atomic E-state index is 13.1. The second-order valence-electron chi connectivity index (χ2n) is 5.87. The molecular formula is C21H21NO4S. The van der Waals surface area contributed by atoms with Gasteiger partial charge in [-0.2, -0.15) is 0 Å². The molecule has 5 nitrogen and oxygen atoms in total. The van der Waals surface area contributed by atoms with E-state index in [9.17, 15) is 9.59 Å². The van der Waals surface area contributed by atoms with Gasteiger partial charge in [-0.15, -0.1) is 11.3 Å². The van der Waals surface area contributed by atoms with Gasteiger partial charge in [0.25, 0.3) is 5.91 Å². The van der Waals surface area contributed by atoms with Crippen LogP contribution in [0.2, 0.25) is 0 Å². The molecule has 0 aliphatic rings. The molecule has 1 heterocycles. The molecule has 0 aliphatic heterocycles. The zero-order valence-electron chi connectivity index (χ0n) is 15.5. The standard InChI is InChI=1S/C21H21NO4S/c1-4-25-17-11-10-14-8-6-7-9-15(14)18(17)19(23)22-20-16(12-13(3)27-20)21(24)26-5-2/h6-12H,4-5H2,1-3H3,(H,22,23). The Bertz CT molecular complexity index is 993. The first-order valence-corrected chi connectivity index (χ1v) is 9.60. The Morgan fingerprint density at radius 3 is 2.59 bits per heavy atom. The second-order valence-corrected chi connectivity index (χ2v) is 7.12. The number of anilines is 1. The van der Waals surface area contributed by atoms with Crippen molar-refractivity contribution in [2.45, 2.75) is 20.8 Å². The normalized spacial score (nSPS) is 10.6. The van der Waals surface area contributed by atoms with Crippen LogP contribution in [0.4, 0.5) is 5.00 Å². The van der Waals surface area contributed by atoms with E-state index in [2.05, 4.69) is 5.32 Å². The zero-order chi connectivity index (χ0) is 19.4. The Kier molecular flexibility index (Phi) is 5.76. The van der Waals surface area contributed by atoms with Gasteiger partial charge in [0.1, 0.15) is 10.8 Å². The molecular weight excluding hydrogens is 362 g/mol. The Labute approximate surface area is 161 Å². The Balaban J connectivity index is 2.02. The van der Waals surface area contributed by atoms with Crippen molar-refractivity contribution in [3.63, 3.8) is 0 Å². The van der Waals surface area contributed by atoms with E-state index in [1.54, 1.807) is 19.1 Å². The number of nitrogens with one attached hydrogen (secondary N) is 1. The van der Waals surface area contributed by atoms with Crippen LogP contribution in [0, 0.1) is 6.92 Å². The van der Waals surface area contributed by atoms with Gasteiger partial charge in [0.05, 0.1) is 24.3 Å². The summed E-state index contributed by atoms with van der Waals surface area (Å²) in [4.78, 5) is 26.2. The molecule has 0 saturated carbocycles. The number of aryl methyl sites for hydroxylation is 1. The predicted molar refractivity (Wildman–Crippen MR) is 108 cm³/mol. The number of hydrogen-bond donors (Lipinski definition) is 1. The van der Waals surface area contributed by atoms with Crippen molar-refractivity contribution in [1.82, 2.24) is 0 Å². The minimum absolute atomic E-state index is 0.277. The smallest absolute Gasteiger partial charge is 0.341 e. The van der Waals surface area contributed by atoms with Crippen molar-refractivity contribution in [1.29, 1.82) is 0 Å². The number of amides is 1. The maximum atomic E-state index is 13.1. The van der Waals surface area contributed by atoms with Crippen LogP contribution in [0.1, 0.15) is 39.4 Å². The summed E-state index contributed by atoms with van der Waals surface area (Å²) >= 11 is 1.34. The minimum Gasteiger partial charge on any atom is -0.493 e. The molecule has 0 spiro atoms. The van der Waals surface area contributed by atoms with Crippen molar-refractivity contribution in [2.24, 2.45) is 0 Å². The van der Waals surface area contributed by atoms with E-state index < -0.39 is 5.97 Å². The highest BCUT2D eigenvalue weighted by molar-refractivity contribution is 7.16. The highest BCUT2D eigenvalue weighted by Crippen LogP contribution is 2.32. The van der Waals surface area contributed by atoms with Gasteiger partial charge in [-0.25, -0.2) is 4.79 Å². The summed E-state index contributed by atoms with van der Waals surface area (Å²) in [6, 6.07) is 13.1. The lowest BCUT2D eigenvalue weighted by Crippen LogP contribution is -2.16. The molecule has 0 radical (unpaired) electrons. The third-order valence-corrected chi connectivity index (χ3v) is 4.96. The number of benzene rings is 2. The molecule has 1 N–H and O–H groups in total. The molecule has 0 bridgehead atoms. The fourth-order valence-corrected chi connectivity index (χ4v) is 3.79. The SMILES string of the molecule is CCOC(=O)c1cc(C)sc1NC(=O)c1c(OCC)ccc2ccccc12. The van der Waals surface area contributed by atoms with Gasteiger partial charge in [0.15, 0.2) is 0 Å². The summed E-state index contributed by atoms with van der Waals surface area (Å²) in [6.07, 6.45) is 0. The summed E-state index contributed by atoms with van der Waals surface area (Å²) < 4.78 is 10.8. The lowest BCUT2D eigenvalue weighted by Gasteiger charge is -2.13. The van der Waals surface area contributed by atoms with Gasteiger partial charge < -0.3 is 14.8 Å². The number of carbonyl (C=O) groups is 2. The largest absolute Gasteiger partial charge is 0.493 e. The first kappa shape index (κ1) is 18.9. The quantitative estimate of drug-likeness (QED) is 0.606. The number of ether oxygens (including phenoxy) is 2. The van der Waals surface area contributed by atoms with Crippen LogP contribution in [-0.4, -0.2) is 25.1 Å². The molecule has 1 amide bonds. The van der Waals surface area contributed by atoms with Crippen LogP contribution in [0.15, 0.2) is 42.5 Å². The van der Waals surface area contributed by atoms with Crippen molar-refractivity contribution < 1.29 is 19.1 Å². The second kappa shape index (κ2) is 8.22. The fraction of sp³-hybridized carbons (Fsp3) is 0.238. The van der Waals surface area contributed by atoms with Gasteiger partial charge in [-0.1, -0.05) is 30.3 Å². The zero-order valence-corrected chi connectivity index (χ0v) is 16.3. The highest BCUT2D eigenvalue weighted by Gasteiger charge is 2.22. The molecule has 3 rings (SSSR count). The van der Waals surface area contributed by atoms with E-state index in [1.807, 2.05) is 44.2 Å². The summed E-state index contributed by atoms with van der Waals surface area (Å²) in [5.74, 6) is -0.248. The van der Waals surface area contributed by atoms with Crippen molar-refractivity contribution in [2.75, 3.05) is 18.5 Å². The summed E-state index contributed by atoms with van der Waals surface area (Å²) in [5.41, 5.74) is 0.821. The van der Waals surface area contributed by atoms with E-state index in [1.165, 1.54) is 11.3 Å². The Morgan fingerprint density at radius 2 is 1.85 bits per heavy atom. The number of hydrogen-bond acceptors (Lipinski definition) is 5. The van der Waals surface area contributed by atoms with Gasteiger partial charge in [-0.3, -0.25) is 4.79 Å². The lowest BCUT2D eigenvalue weighted by atomic mass is 10.0. The lowest BCUT2D eigenvalue weighted by molar-refractivity contribution is 0.0528. The van der Waals surface area contributed by atoms with Crippen molar-refractivity contribution in [3.8, 4) is 5.75 Å². The van der Waals surface area contributed by atoms with Gasteiger partial charge in [0, 0.05) is 4.88 Å². The fourth-order valence-electron chi connectivity index (χ4n) is 2.89. The Morgan fingerprint density at radius 1 is 1.07 bits per heavy atom. The van der Waals surface area contributed by atoms with Crippen LogP contribution in [0.3, 0.4) is 0 Å². The first-order chi connectivity index (χ1) is 13.0. The monoisotopic (exact) mass is 383 g/mol. The highest BCUT2D eigenvalue weighted by atomic mass is 32.1. The van der Waals surface area contributed by atoms with Crippen LogP contribution in [0.5, 0.6) is 5.75 Å². The third kappa shape index (κ3) is 3.95. The molecule has 3 aromatic rings. The van der Waals surface area contributed by atoms with Crippen LogP contribution >= 0.6 is 11.3 Å². The maximum Gasteiger partial charge on any atom is 0.341 e. The van der Waals surface area contributed by atoms with E-state index in [0.717, 1.165) is 15.6 Å². The van der Waals surface area contributed by atoms with Crippen LogP contribution in [-0.2, 0) is 4.74 Å². The topological polar surface area (TPSA) is 64.6 Å². The van der Waals surface area contributed by atoms with Gasteiger partial charge in [0.2, 0.25) is 0 Å². The molecule has 27 heavy (non-hydrogen) atoms. The van der Waals surface area contributed by atoms with Crippen LogP contribution in [0.25, 0.3) is 10.8 Å². The Hall–Kier alpha value is -2.86. The van der Waals surface area contributed by atoms with E-state index in [0.29, 0.717) is 28.5 Å². The molecule has 0 fully saturated rings. The average molecular weight is 383 g/mol. The molecule has 140 valence electrons. The van der Waals surface area contributed by atoms with Gasteiger partial charge in [-0.05, 0) is 43.7 Å².